The van der Waals surface area contributed by atoms with E-state index in [0.717, 1.165) is 16.7 Å². The van der Waals surface area contributed by atoms with E-state index in [0.29, 0.717) is 18.8 Å². The van der Waals surface area contributed by atoms with Crippen molar-refractivity contribution in [2.75, 3.05) is 25.6 Å². The molecule has 1 aromatic carbocycles. The van der Waals surface area contributed by atoms with Crippen molar-refractivity contribution >= 4 is 17.5 Å². The Kier molecular flexibility index (Phi) is 5.51. The highest BCUT2D eigenvalue weighted by Gasteiger charge is 2.15. The minimum absolute atomic E-state index is 0.314. The van der Waals surface area contributed by atoms with Gasteiger partial charge >= 0.3 is 11.8 Å². The molecule has 0 radical (unpaired) electrons. The van der Waals surface area contributed by atoms with Crippen LogP contribution in [0.3, 0.4) is 0 Å². The van der Waals surface area contributed by atoms with E-state index in [1.807, 2.05) is 32.9 Å². The molecular formula is C14H20N2O3. The Morgan fingerprint density at radius 2 is 1.68 bits per heavy atom. The highest BCUT2D eigenvalue weighted by molar-refractivity contribution is 6.39. The standard InChI is InChI=1S/C14H20N2O3/c1-9-7-10(2)12(11(3)8-9)16-14(18)13(17)15-5-6-19-4/h7-8H,5-6H2,1-4H3,(H,15,17)(H,16,18). The lowest BCUT2D eigenvalue weighted by Crippen LogP contribution is -2.37. The minimum atomic E-state index is -0.661. The zero-order valence-electron chi connectivity index (χ0n) is 11.8. The summed E-state index contributed by atoms with van der Waals surface area (Å²) in [7, 11) is 1.53. The van der Waals surface area contributed by atoms with Gasteiger partial charge in [-0.3, -0.25) is 9.59 Å². The van der Waals surface area contributed by atoms with Crippen LogP contribution >= 0.6 is 0 Å². The number of methoxy groups -OCH3 is 1. The second kappa shape index (κ2) is 6.89. The van der Waals surface area contributed by atoms with Crippen LogP contribution in [-0.2, 0) is 14.3 Å². The van der Waals surface area contributed by atoms with E-state index < -0.39 is 11.8 Å². The van der Waals surface area contributed by atoms with E-state index in [1.54, 1.807) is 0 Å². The molecule has 0 bridgehead atoms. The van der Waals surface area contributed by atoms with E-state index in [1.165, 1.54) is 7.11 Å². The molecular weight excluding hydrogens is 244 g/mol. The van der Waals surface area contributed by atoms with Crippen LogP contribution in [0.25, 0.3) is 0 Å². The summed E-state index contributed by atoms with van der Waals surface area (Å²) in [5.41, 5.74) is 3.70. The Hall–Kier alpha value is -1.88. The highest BCUT2D eigenvalue weighted by atomic mass is 16.5. The SMILES string of the molecule is COCCNC(=O)C(=O)Nc1c(C)cc(C)cc1C. The molecule has 0 unspecified atom stereocenters. The molecule has 0 heterocycles. The van der Waals surface area contributed by atoms with Crippen LogP contribution in [0.15, 0.2) is 12.1 Å². The van der Waals surface area contributed by atoms with Gasteiger partial charge < -0.3 is 15.4 Å². The summed E-state index contributed by atoms with van der Waals surface area (Å²) in [5, 5.41) is 5.12. The minimum Gasteiger partial charge on any atom is -0.383 e. The van der Waals surface area contributed by atoms with Crippen molar-refractivity contribution in [1.82, 2.24) is 5.32 Å². The second-order valence-corrected chi connectivity index (χ2v) is 4.48. The van der Waals surface area contributed by atoms with Crippen LogP contribution in [0.1, 0.15) is 16.7 Å². The van der Waals surface area contributed by atoms with E-state index in [-0.39, 0.29) is 0 Å². The first-order valence-electron chi connectivity index (χ1n) is 6.11. The number of hydrogen-bond donors (Lipinski definition) is 2. The van der Waals surface area contributed by atoms with Crippen LogP contribution in [-0.4, -0.2) is 32.1 Å². The van der Waals surface area contributed by atoms with Crippen molar-refractivity contribution in [3.63, 3.8) is 0 Å². The van der Waals surface area contributed by atoms with Gasteiger partial charge in [0, 0.05) is 19.3 Å². The van der Waals surface area contributed by atoms with Gasteiger partial charge in [-0.1, -0.05) is 17.7 Å². The van der Waals surface area contributed by atoms with Crippen molar-refractivity contribution in [3.05, 3.63) is 28.8 Å². The number of benzene rings is 1. The molecule has 19 heavy (non-hydrogen) atoms. The lowest BCUT2D eigenvalue weighted by molar-refractivity contribution is -0.136. The third kappa shape index (κ3) is 4.37. The quantitative estimate of drug-likeness (QED) is 0.636. The van der Waals surface area contributed by atoms with Gasteiger partial charge in [-0.25, -0.2) is 0 Å². The average Bonchev–Trinajstić information content (AvgIpc) is 2.33. The molecule has 0 aliphatic rings. The van der Waals surface area contributed by atoms with E-state index >= 15 is 0 Å². The predicted octanol–water partition coefficient (Wildman–Crippen LogP) is 1.31. The summed E-state index contributed by atoms with van der Waals surface area (Å²) in [5.74, 6) is -1.32. The predicted molar refractivity (Wildman–Crippen MR) is 74.2 cm³/mol. The summed E-state index contributed by atoms with van der Waals surface area (Å²) in [6, 6.07) is 3.93. The maximum absolute atomic E-state index is 11.7. The van der Waals surface area contributed by atoms with Gasteiger partial charge in [-0.2, -0.15) is 0 Å². The van der Waals surface area contributed by atoms with Crippen molar-refractivity contribution in [2.45, 2.75) is 20.8 Å². The molecule has 0 fully saturated rings. The van der Waals surface area contributed by atoms with Crippen molar-refractivity contribution in [1.29, 1.82) is 0 Å². The molecule has 0 saturated carbocycles. The Morgan fingerprint density at radius 3 is 2.21 bits per heavy atom. The number of hydrogen-bond acceptors (Lipinski definition) is 3. The molecule has 104 valence electrons. The summed E-state index contributed by atoms with van der Waals surface area (Å²) in [6.45, 7) is 6.48. The van der Waals surface area contributed by atoms with Crippen molar-refractivity contribution < 1.29 is 14.3 Å². The van der Waals surface area contributed by atoms with E-state index in [2.05, 4.69) is 10.6 Å². The topological polar surface area (TPSA) is 67.4 Å². The molecule has 2 amide bonds. The molecule has 0 spiro atoms. The zero-order valence-corrected chi connectivity index (χ0v) is 11.8. The monoisotopic (exact) mass is 264 g/mol. The lowest BCUT2D eigenvalue weighted by Gasteiger charge is -2.12. The normalized spacial score (nSPS) is 10.1. The fourth-order valence-electron chi connectivity index (χ4n) is 1.89. The first-order valence-corrected chi connectivity index (χ1v) is 6.11. The summed E-state index contributed by atoms with van der Waals surface area (Å²) >= 11 is 0. The number of carbonyl (C=O) groups excluding carboxylic acids is 2. The highest BCUT2D eigenvalue weighted by Crippen LogP contribution is 2.21. The van der Waals surface area contributed by atoms with Crippen LogP contribution < -0.4 is 10.6 Å². The van der Waals surface area contributed by atoms with Crippen LogP contribution in [0.4, 0.5) is 5.69 Å². The Bertz CT molecular complexity index is 461. The largest absolute Gasteiger partial charge is 0.383 e. The maximum atomic E-state index is 11.7. The molecule has 5 nitrogen and oxygen atoms in total. The first kappa shape index (κ1) is 15.2. The van der Waals surface area contributed by atoms with Crippen molar-refractivity contribution in [2.24, 2.45) is 0 Å². The lowest BCUT2D eigenvalue weighted by atomic mass is 10.1. The molecule has 0 aliphatic heterocycles. The van der Waals surface area contributed by atoms with Gasteiger partial charge in [0.15, 0.2) is 0 Å². The third-order valence-electron chi connectivity index (χ3n) is 2.71. The molecule has 1 aromatic rings. The number of rotatable bonds is 4. The summed E-state index contributed by atoms with van der Waals surface area (Å²) < 4.78 is 4.80. The second-order valence-electron chi connectivity index (χ2n) is 4.48. The van der Waals surface area contributed by atoms with Crippen LogP contribution in [0, 0.1) is 20.8 Å². The van der Waals surface area contributed by atoms with Gasteiger partial charge in [0.05, 0.1) is 6.61 Å². The van der Waals surface area contributed by atoms with Crippen LogP contribution in [0.5, 0.6) is 0 Å². The number of aryl methyl sites for hydroxylation is 3. The van der Waals surface area contributed by atoms with Gasteiger partial charge in [0.25, 0.3) is 0 Å². The first-order chi connectivity index (χ1) is 8.95. The number of carbonyl (C=O) groups is 2. The Morgan fingerprint density at radius 1 is 1.11 bits per heavy atom. The number of anilines is 1. The third-order valence-corrected chi connectivity index (χ3v) is 2.71. The summed E-state index contributed by atoms with van der Waals surface area (Å²) in [6.07, 6.45) is 0. The average molecular weight is 264 g/mol. The molecule has 0 atom stereocenters. The summed E-state index contributed by atoms with van der Waals surface area (Å²) in [4.78, 5) is 23.3. The van der Waals surface area contributed by atoms with Gasteiger partial charge in [-0.15, -0.1) is 0 Å². The molecule has 1 rings (SSSR count). The van der Waals surface area contributed by atoms with Gasteiger partial charge in [0.2, 0.25) is 0 Å². The fourth-order valence-corrected chi connectivity index (χ4v) is 1.89. The maximum Gasteiger partial charge on any atom is 0.313 e. The molecule has 2 N–H and O–H groups in total. The molecule has 0 saturated heterocycles. The van der Waals surface area contributed by atoms with Gasteiger partial charge in [0.1, 0.15) is 0 Å². The van der Waals surface area contributed by atoms with E-state index in [4.69, 9.17) is 4.74 Å². The number of ether oxygens (including phenoxy) is 1. The Balaban J connectivity index is 2.69. The van der Waals surface area contributed by atoms with Crippen LogP contribution in [0.2, 0.25) is 0 Å². The van der Waals surface area contributed by atoms with Crippen molar-refractivity contribution in [3.8, 4) is 0 Å². The Labute approximate surface area is 113 Å². The number of nitrogens with one attached hydrogen (secondary N) is 2. The number of amides is 2. The smallest absolute Gasteiger partial charge is 0.313 e. The zero-order chi connectivity index (χ0) is 14.4. The fraction of sp³-hybridized carbons (Fsp3) is 0.429. The molecule has 5 heteroatoms. The van der Waals surface area contributed by atoms with Gasteiger partial charge in [-0.05, 0) is 31.9 Å². The molecule has 0 aliphatic carbocycles. The molecule has 0 aromatic heterocycles. The van der Waals surface area contributed by atoms with E-state index in [9.17, 15) is 9.59 Å².